The molecule has 6 heterocycles. The first-order chi connectivity index (χ1) is 19.8. The number of hydrogen-bond acceptors (Lipinski definition) is 8. The number of ether oxygens (including phenoxy) is 1. The molecule has 8 nitrogen and oxygen atoms in total. The third-order valence-corrected chi connectivity index (χ3v) is 9.17. The largest absolute Gasteiger partial charge is 0.461 e. The zero-order chi connectivity index (χ0) is 28.3. The highest BCUT2D eigenvalue weighted by molar-refractivity contribution is 5.98. The highest BCUT2D eigenvalue weighted by atomic mass is 19.1. The number of Topliss-reactive ketones (excluding diaryl/α,β-unsaturated/α-hetero) is 1. The number of piperazine rings is 1. The van der Waals surface area contributed by atoms with Gasteiger partial charge in [0.2, 0.25) is 0 Å². The quantitative estimate of drug-likeness (QED) is 0.360. The monoisotopic (exact) mass is 558 g/mol. The Hall–Kier alpha value is -3.68. The number of nitrogens with one attached hydrogen (secondary N) is 1. The summed E-state index contributed by atoms with van der Waals surface area (Å²) in [5, 5.41) is 3.98. The summed E-state index contributed by atoms with van der Waals surface area (Å²) in [6.07, 6.45) is 9.41. The van der Waals surface area contributed by atoms with E-state index in [0.717, 1.165) is 32.2 Å². The zero-order valence-electron chi connectivity index (χ0n) is 23.0. The summed E-state index contributed by atoms with van der Waals surface area (Å²) in [6.45, 7) is 4.32. The second-order valence-electron chi connectivity index (χ2n) is 11.9. The molecule has 3 aromatic rings. The Morgan fingerprint density at radius 2 is 2.02 bits per heavy atom. The Morgan fingerprint density at radius 3 is 2.78 bits per heavy atom. The molecule has 2 aromatic heterocycles. The molecule has 4 aliphatic heterocycles. The number of alkyl halides is 1. The van der Waals surface area contributed by atoms with E-state index in [0.29, 0.717) is 60.5 Å². The summed E-state index contributed by atoms with van der Waals surface area (Å²) in [5.74, 6) is 2.35. The van der Waals surface area contributed by atoms with Crippen LogP contribution in [0.5, 0.6) is 6.01 Å². The van der Waals surface area contributed by atoms with Crippen LogP contribution in [0, 0.1) is 18.2 Å². The number of anilines is 1. The molecule has 7 rings (SSSR count). The van der Waals surface area contributed by atoms with Gasteiger partial charge in [0.1, 0.15) is 35.5 Å². The van der Waals surface area contributed by atoms with E-state index in [1.165, 1.54) is 6.92 Å². The molecule has 10 heteroatoms. The standard InChI is InChI=1S/C31H32F2N6O2/c1-3-24-25-28(26(33)27(35-24)20-7-4-6-19(12-20)18(2)40)36-30(37-29(25)38-15-22-8-9-23(16-38)34-22)41-17-31-10-5-11-39(31)14-21(32)13-31/h1,4,6-7,12,21-23,34H,5,8-11,13-17H2,2H3/t21-,22?,23?,31+/m1/s1. The lowest BCUT2D eigenvalue weighted by atomic mass is 9.95. The summed E-state index contributed by atoms with van der Waals surface area (Å²) >= 11 is 0. The number of terminal acetylenes is 1. The lowest BCUT2D eigenvalue weighted by Crippen LogP contribution is -2.51. The molecule has 1 N–H and O–H groups in total. The summed E-state index contributed by atoms with van der Waals surface area (Å²) in [5.41, 5.74) is 0.743. The van der Waals surface area contributed by atoms with Crippen molar-refractivity contribution in [1.29, 1.82) is 0 Å². The molecule has 41 heavy (non-hydrogen) atoms. The van der Waals surface area contributed by atoms with E-state index in [-0.39, 0.29) is 35.3 Å². The van der Waals surface area contributed by atoms with Crippen LogP contribution in [0.3, 0.4) is 0 Å². The van der Waals surface area contributed by atoms with Crippen molar-refractivity contribution in [2.75, 3.05) is 37.7 Å². The lowest BCUT2D eigenvalue weighted by molar-refractivity contribution is 0.101. The Bertz CT molecular complexity index is 1580. The van der Waals surface area contributed by atoms with Crippen molar-refractivity contribution < 1.29 is 18.3 Å². The van der Waals surface area contributed by atoms with Crippen molar-refractivity contribution in [3.05, 3.63) is 41.3 Å². The van der Waals surface area contributed by atoms with Gasteiger partial charge >= 0.3 is 6.01 Å². The van der Waals surface area contributed by atoms with Gasteiger partial charge in [-0.3, -0.25) is 9.69 Å². The molecule has 4 fully saturated rings. The number of pyridine rings is 1. The zero-order valence-corrected chi connectivity index (χ0v) is 23.0. The van der Waals surface area contributed by atoms with Crippen LogP contribution in [0.1, 0.15) is 55.1 Å². The maximum Gasteiger partial charge on any atom is 0.319 e. The molecule has 0 saturated carbocycles. The fraction of sp³-hybridized carbons (Fsp3) is 0.484. The second kappa shape index (κ2) is 10.00. The van der Waals surface area contributed by atoms with Gasteiger partial charge in [-0.2, -0.15) is 9.97 Å². The molecule has 2 unspecified atom stereocenters. The van der Waals surface area contributed by atoms with Gasteiger partial charge in [0.25, 0.3) is 0 Å². The van der Waals surface area contributed by atoms with Crippen molar-refractivity contribution in [3.8, 4) is 29.6 Å². The Kier molecular flexibility index (Phi) is 6.40. The molecular weight excluding hydrogens is 526 g/mol. The number of fused-ring (bicyclic) bond motifs is 4. The van der Waals surface area contributed by atoms with Crippen LogP contribution in [0.15, 0.2) is 24.3 Å². The third kappa shape index (κ3) is 4.52. The van der Waals surface area contributed by atoms with Gasteiger partial charge in [0, 0.05) is 49.3 Å². The van der Waals surface area contributed by atoms with E-state index < -0.39 is 17.5 Å². The van der Waals surface area contributed by atoms with E-state index in [2.05, 4.69) is 31.0 Å². The number of benzene rings is 1. The highest BCUT2D eigenvalue weighted by Crippen LogP contribution is 2.41. The minimum Gasteiger partial charge on any atom is -0.461 e. The molecule has 4 saturated heterocycles. The summed E-state index contributed by atoms with van der Waals surface area (Å²) < 4.78 is 37.1. The SMILES string of the molecule is C#Cc1nc(-c2cccc(C(C)=O)c2)c(F)c2nc(OC[C@@]34CCCN3C[C@H](F)C4)nc(N3CC4CCC(C3)N4)c12. The van der Waals surface area contributed by atoms with Crippen molar-refractivity contribution in [2.24, 2.45) is 0 Å². The molecule has 212 valence electrons. The number of carbonyl (C=O) groups excluding carboxylic acids is 1. The van der Waals surface area contributed by atoms with Crippen molar-refractivity contribution in [2.45, 2.75) is 62.8 Å². The summed E-state index contributed by atoms with van der Waals surface area (Å²) in [4.78, 5) is 30.2. The van der Waals surface area contributed by atoms with E-state index in [1.807, 2.05) is 0 Å². The minimum atomic E-state index is -0.890. The van der Waals surface area contributed by atoms with Crippen LogP contribution in [0.25, 0.3) is 22.2 Å². The number of rotatable bonds is 6. The van der Waals surface area contributed by atoms with Crippen molar-refractivity contribution in [1.82, 2.24) is 25.2 Å². The van der Waals surface area contributed by atoms with E-state index >= 15 is 4.39 Å². The van der Waals surface area contributed by atoms with Crippen LogP contribution < -0.4 is 15.0 Å². The number of ketones is 1. The number of carbonyl (C=O) groups is 1. The predicted octanol–water partition coefficient (Wildman–Crippen LogP) is 3.91. The maximum absolute atomic E-state index is 16.5. The molecule has 0 radical (unpaired) electrons. The topological polar surface area (TPSA) is 83.5 Å². The summed E-state index contributed by atoms with van der Waals surface area (Å²) in [7, 11) is 0. The molecular formula is C31H32F2N6O2. The predicted molar refractivity (Wildman–Crippen MR) is 151 cm³/mol. The van der Waals surface area contributed by atoms with Gasteiger partial charge in [-0.25, -0.2) is 13.8 Å². The molecule has 4 aliphatic rings. The molecule has 1 aromatic carbocycles. The number of halogens is 2. The van der Waals surface area contributed by atoms with Gasteiger partial charge < -0.3 is 15.0 Å². The molecule has 4 atom stereocenters. The van der Waals surface area contributed by atoms with E-state index in [4.69, 9.17) is 16.1 Å². The van der Waals surface area contributed by atoms with Crippen LogP contribution >= 0.6 is 0 Å². The van der Waals surface area contributed by atoms with Crippen molar-refractivity contribution >= 4 is 22.5 Å². The van der Waals surface area contributed by atoms with Crippen LogP contribution in [-0.2, 0) is 0 Å². The van der Waals surface area contributed by atoms with E-state index in [1.54, 1.807) is 24.3 Å². The lowest BCUT2D eigenvalue weighted by Gasteiger charge is -2.34. The fourth-order valence-corrected chi connectivity index (χ4v) is 7.23. The van der Waals surface area contributed by atoms with E-state index in [9.17, 15) is 9.18 Å². The van der Waals surface area contributed by atoms with Gasteiger partial charge in [0.05, 0.1) is 10.9 Å². The van der Waals surface area contributed by atoms with Crippen LogP contribution in [0.4, 0.5) is 14.6 Å². The molecule has 0 aliphatic carbocycles. The van der Waals surface area contributed by atoms with Gasteiger partial charge in [-0.05, 0) is 51.1 Å². The molecule has 0 spiro atoms. The highest BCUT2D eigenvalue weighted by Gasteiger charge is 2.49. The average Bonchev–Trinajstić information content (AvgIpc) is 3.62. The Morgan fingerprint density at radius 1 is 1.22 bits per heavy atom. The second-order valence-corrected chi connectivity index (χ2v) is 11.9. The van der Waals surface area contributed by atoms with Gasteiger partial charge in [-0.1, -0.05) is 18.2 Å². The summed E-state index contributed by atoms with van der Waals surface area (Å²) in [6, 6.07) is 7.31. The fourth-order valence-electron chi connectivity index (χ4n) is 7.23. The van der Waals surface area contributed by atoms with Crippen molar-refractivity contribution in [3.63, 3.8) is 0 Å². The number of hydrogen-bond donors (Lipinski definition) is 1. The Balaban J connectivity index is 1.36. The first kappa shape index (κ1) is 26.2. The first-order valence-corrected chi connectivity index (χ1v) is 14.4. The van der Waals surface area contributed by atoms with Crippen LogP contribution in [0.2, 0.25) is 0 Å². The number of nitrogens with zero attached hydrogens (tertiary/aromatic N) is 5. The third-order valence-electron chi connectivity index (χ3n) is 9.17. The smallest absolute Gasteiger partial charge is 0.319 e. The Labute approximate surface area is 237 Å². The van der Waals surface area contributed by atoms with Gasteiger partial charge in [-0.15, -0.1) is 6.42 Å². The molecule has 0 amide bonds. The maximum atomic E-state index is 16.5. The normalized spacial score (nSPS) is 27.3. The average molecular weight is 559 g/mol. The van der Waals surface area contributed by atoms with Gasteiger partial charge in [0.15, 0.2) is 11.6 Å². The minimum absolute atomic E-state index is 0.0150. The number of aromatic nitrogens is 3. The molecule has 2 bridgehead atoms. The van der Waals surface area contributed by atoms with Crippen LogP contribution in [-0.4, -0.2) is 82.2 Å². The first-order valence-electron chi connectivity index (χ1n) is 14.4.